The first kappa shape index (κ1) is 13.8. The molecule has 0 saturated carbocycles. The molecule has 1 aromatic carbocycles. The molecule has 108 valence electrons. The summed E-state index contributed by atoms with van der Waals surface area (Å²) < 4.78 is 10.8. The van der Waals surface area contributed by atoms with Crippen LogP contribution in [0.1, 0.15) is 18.1 Å². The third-order valence-electron chi connectivity index (χ3n) is 3.27. The van der Waals surface area contributed by atoms with E-state index in [4.69, 9.17) is 14.4 Å². The third-order valence-corrected chi connectivity index (χ3v) is 3.27. The van der Waals surface area contributed by atoms with Gasteiger partial charge in [0.2, 0.25) is 5.88 Å². The fourth-order valence-corrected chi connectivity index (χ4v) is 2.19. The second-order valence-corrected chi connectivity index (χ2v) is 4.70. The molecule has 0 amide bonds. The van der Waals surface area contributed by atoms with Crippen molar-refractivity contribution in [3.63, 3.8) is 0 Å². The van der Waals surface area contributed by atoms with E-state index in [1.165, 1.54) is 12.3 Å². The highest BCUT2D eigenvalue weighted by molar-refractivity contribution is 5.81. The van der Waals surface area contributed by atoms with Crippen LogP contribution in [0.2, 0.25) is 0 Å². The van der Waals surface area contributed by atoms with Crippen LogP contribution in [0, 0.1) is 11.3 Å². The molecule has 22 heavy (non-hydrogen) atoms. The largest absolute Gasteiger partial charge is 0.439 e. The van der Waals surface area contributed by atoms with Gasteiger partial charge in [-0.25, -0.2) is 9.78 Å². The Kier molecular flexibility index (Phi) is 3.58. The quantitative estimate of drug-likeness (QED) is 0.691. The molecule has 0 unspecified atom stereocenters. The fourth-order valence-electron chi connectivity index (χ4n) is 2.19. The lowest BCUT2D eigenvalue weighted by molar-refractivity contribution is 0.461. The molecule has 0 spiro atoms. The van der Waals surface area contributed by atoms with Gasteiger partial charge in [-0.2, -0.15) is 5.26 Å². The first-order valence-corrected chi connectivity index (χ1v) is 6.80. The van der Waals surface area contributed by atoms with Gasteiger partial charge >= 0.3 is 5.63 Å². The zero-order chi connectivity index (χ0) is 15.5. The highest BCUT2D eigenvalue weighted by Gasteiger charge is 2.07. The number of nitriles is 1. The van der Waals surface area contributed by atoms with Gasteiger partial charge in [-0.1, -0.05) is 6.92 Å². The normalized spacial score (nSPS) is 10.4. The van der Waals surface area contributed by atoms with Crippen molar-refractivity contribution in [2.45, 2.75) is 13.3 Å². The molecule has 2 aromatic heterocycles. The number of benzene rings is 1. The Morgan fingerprint density at radius 3 is 2.82 bits per heavy atom. The van der Waals surface area contributed by atoms with Gasteiger partial charge in [-0.3, -0.25) is 0 Å². The number of fused-ring (bicyclic) bond motifs is 1. The van der Waals surface area contributed by atoms with Crippen molar-refractivity contribution in [1.82, 2.24) is 4.98 Å². The highest BCUT2D eigenvalue weighted by Crippen LogP contribution is 2.26. The molecule has 0 aliphatic heterocycles. The highest BCUT2D eigenvalue weighted by atomic mass is 16.5. The predicted molar refractivity (Wildman–Crippen MR) is 80.9 cm³/mol. The Bertz CT molecular complexity index is 921. The monoisotopic (exact) mass is 292 g/mol. The molecule has 0 radical (unpaired) electrons. The van der Waals surface area contributed by atoms with Crippen LogP contribution < -0.4 is 10.4 Å². The van der Waals surface area contributed by atoms with Crippen molar-refractivity contribution in [2.75, 3.05) is 0 Å². The molecule has 0 aliphatic carbocycles. The van der Waals surface area contributed by atoms with E-state index in [-0.39, 0.29) is 5.63 Å². The van der Waals surface area contributed by atoms with Crippen molar-refractivity contribution < 1.29 is 9.15 Å². The molecule has 0 atom stereocenters. The number of hydrogen-bond donors (Lipinski definition) is 0. The average Bonchev–Trinajstić information content (AvgIpc) is 2.54. The Labute approximate surface area is 126 Å². The van der Waals surface area contributed by atoms with Crippen LogP contribution >= 0.6 is 0 Å². The van der Waals surface area contributed by atoms with Gasteiger partial charge in [0.25, 0.3) is 0 Å². The summed E-state index contributed by atoms with van der Waals surface area (Å²) in [7, 11) is 0. The van der Waals surface area contributed by atoms with Gasteiger partial charge in [-0.15, -0.1) is 0 Å². The molecule has 5 nitrogen and oxygen atoms in total. The maximum atomic E-state index is 11.6. The molecular weight excluding hydrogens is 280 g/mol. The molecule has 0 saturated heterocycles. The van der Waals surface area contributed by atoms with Crippen LogP contribution in [0.3, 0.4) is 0 Å². The molecule has 2 heterocycles. The number of rotatable bonds is 3. The summed E-state index contributed by atoms with van der Waals surface area (Å²) in [5, 5.41) is 9.63. The average molecular weight is 292 g/mol. The van der Waals surface area contributed by atoms with Gasteiger partial charge in [0, 0.05) is 29.8 Å². The molecule has 3 rings (SSSR count). The van der Waals surface area contributed by atoms with Crippen LogP contribution in [-0.2, 0) is 6.42 Å². The van der Waals surface area contributed by atoms with E-state index in [9.17, 15) is 4.79 Å². The smallest absolute Gasteiger partial charge is 0.336 e. The molecule has 0 fully saturated rings. The van der Waals surface area contributed by atoms with E-state index in [0.29, 0.717) is 22.8 Å². The van der Waals surface area contributed by atoms with Gasteiger partial charge in [-0.05, 0) is 30.2 Å². The Morgan fingerprint density at radius 2 is 2.14 bits per heavy atom. The lowest BCUT2D eigenvalue weighted by atomic mass is 10.1. The summed E-state index contributed by atoms with van der Waals surface area (Å²) in [6.45, 7) is 1.99. The van der Waals surface area contributed by atoms with Gasteiger partial charge in [0.05, 0.1) is 5.56 Å². The Balaban J connectivity index is 1.98. The lowest BCUT2D eigenvalue weighted by Gasteiger charge is -2.07. The first-order chi connectivity index (χ1) is 10.7. The van der Waals surface area contributed by atoms with Crippen molar-refractivity contribution in [1.29, 1.82) is 5.26 Å². The predicted octanol–water partition coefficient (Wildman–Crippen LogP) is 3.41. The number of aromatic nitrogens is 1. The second kappa shape index (κ2) is 5.70. The minimum atomic E-state index is -0.377. The van der Waals surface area contributed by atoms with E-state index in [2.05, 4.69) is 4.98 Å². The zero-order valence-electron chi connectivity index (χ0n) is 11.9. The SMILES string of the molecule is CCc1cc(=O)oc2cc(Oc3ccc(C#N)cn3)ccc12. The summed E-state index contributed by atoms with van der Waals surface area (Å²) >= 11 is 0. The van der Waals surface area contributed by atoms with Crippen molar-refractivity contribution in [3.8, 4) is 17.7 Å². The number of aryl methyl sites for hydroxylation is 1. The minimum absolute atomic E-state index is 0.368. The van der Waals surface area contributed by atoms with Crippen molar-refractivity contribution in [2.24, 2.45) is 0 Å². The molecular formula is C17H12N2O3. The molecule has 0 N–H and O–H groups in total. The third kappa shape index (κ3) is 2.67. The van der Waals surface area contributed by atoms with E-state index < -0.39 is 0 Å². The molecule has 0 aliphatic rings. The van der Waals surface area contributed by atoms with Gasteiger partial charge in [0.1, 0.15) is 17.4 Å². The van der Waals surface area contributed by atoms with Crippen LogP contribution in [0.4, 0.5) is 0 Å². The van der Waals surface area contributed by atoms with Crippen molar-refractivity contribution >= 4 is 11.0 Å². The Hall–Kier alpha value is -3.13. The van der Waals surface area contributed by atoms with Gasteiger partial charge < -0.3 is 9.15 Å². The maximum Gasteiger partial charge on any atom is 0.336 e. The maximum absolute atomic E-state index is 11.6. The standard InChI is InChI=1S/C17H12N2O3/c1-2-12-7-17(20)22-15-8-13(4-5-14(12)15)21-16-6-3-11(9-18)10-19-16/h3-8,10H,2H2,1H3. The van der Waals surface area contributed by atoms with Crippen LogP contribution in [0.5, 0.6) is 11.6 Å². The number of hydrogen-bond acceptors (Lipinski definition) is 5. The zero-order valence-corrected chi connectivity index (χ0v) is 11.9. The van der Waals surface area contributed by atoms with E-state index in [1.54, 1.807) is 24.3 Å². The van der Waals surface area contributed by atoms with Gasteiger partial charge in [0.15, 0.2) is 0 Å². The summed E-state index contributed by atoms with van der Waals surface area (Å²) in [6.07, 6.45) is 2.19. The molecule has 5 heteroatoms. The van der Waals surface area contributed by atoms with E-state index >= 15 is 0 Å². The summed E-state index contributed by atoms with van der Waals surface area (Å²) in [6, 6.07) is 12.0. The summed E-state index contributed by atoms with van der Waals surface area (Å²) in [5.41, 5.74) is 1.51. The van der Waals surface area contributed by atoms with Crippen LogP contribution in [-0.4, -0.2) is 4.98 Å². The number of pyridine rings is 1. The van der Waals surface area contributed by atoms with Crippen molar-refractivity contribution in [3.05, 3.63) is 64.1 Å². The van der Waals surface area contributed by atoms with Crippen LogP contribution in [0.15, 0.2) is 51.8 Å². The summed E-state index contributed by atoms with van der Waals surface area (Å²) in [5.74, 6) is 0.883. The minimum Gasteiger partial charge on any atom is -0.439 e. The first-order valence-electron chi connectivity index (χ1n) is 6.80. The second-order valence-electron chi connectivity index (χ2n) is 4.70. The topological polar surface area (TPSA) is 76.1 Å². The summed E-state index contributed by atoms with van der Waals surface area (Å²) in [4.78, 5) is 15.6. The Morgan fingerprint density at radius 1 is 1.27 bits per heavy atom. The van der Waals surface area contributed by atoms with E-state index in [0.717, 1.165) is 17.4 Å². The molecule has 3 aromatic rings. The lowest BCUT2D eigenvalue weighted by Crippen LogP contribution is -2.00. The number of ether oxygens (including phenoxy) is 1. The number of nitrogens with zero attached hydrogens (tertiary/aromatic N) is 2. The van der Waals surface area contributed by atoms with E-state index in [1.807, 2.05) is 19.1 Å². The molecule has 0 bridgehead atoms. The van der Waals surface area contributed by atoms with Crippen LogP contribution in [0.25, 0.3) is 11.0 Å². The fraction of sp³-hybridized carbons (Fsp3) is 0.118.